The number of aldehydes is 1. The molecule has 1 aliphatic rings. The first kappa shape index (κ1) is 25.5. The molecule has 2 heterocycles. The third-order valence-corrected chi connectivity index (χ3v) is 5.29. The standard InChI is InChI=1S/C24H28F3N3O4/c1-23(2,3)34-21(32)8-7-16-9-11-30(12-10-16)22-28-18(15-31)14-20(29-22)17-5-4-6-19(13-17)33-24(25,26)27/h4-6,13-16H,7-12H2,1-3H3. The fourth-order valence-electron chi connectivity index (χ4n) is 3.79. The van der Waals surface area contributed by atoms with E-state index in [1.807, 2.05) is 25.7 Å². The van der Waals surface area contributed by atoms with Gasteiger partial charge >= 0.3 is 12.3 Å². The van der Waals surface area contributed by atoms with Crippen LogP contribution in [0.2, 0.25) is 0 Å². The number of hydrogen-bond donors (Lipinski definition) is 0. The van der Waals surface area contributed by atoms with E-state index in [-0.39, 0.29) is 17.4 Å². The van der Waals surface area contributed by atoms with Crippen molar-refractivity contribution in [3.05, 3.63) is 36.0 Å². The Morgan fingerprint density at radius 3 is 2.47 bits per heavy atom. The number of anilines is 1. The Balaban J connectivity index is 1.67. The van der Waals surface area contributed by atoms with E-state index in [2.05, 4.69) is 14.7 Å². The van der Waals surface area contributed by atoms with E-state index < -0.39 is 12.0 Å². The second-order valence-electron chi connectivity index (χ2n) is 9.23. The molecule has 0 N–H and O–H groups in total. The molecule has 184 valence electrons. The fraction of sp³-hybridized carbons (Fsp3) is 0.500. The largest absolute Gasteiger partial charge is 0.573 e. The van der Waals surface area contributed by atoms with Crippen LogP contribution in [0.4, 0.5) is 19.1 Å². The predicted octanol–water partition coefficient (Wildman–Crippen LogP) is 5.19. The van der Waals surface area contributed by atoms with E-state index in [1.165, 1.54) is 24.3 Å². The summed E-state index contributed by atoms with van der Waals surface area (Å²) in [6, 6.07) is 6.86. The zero-order chi connectivity index (χ0) is 24.9. The Hall–Kier alpha value is -3.17. The minimum atomic E-state index is -4.81. The van der Waals surface area contributed by atoms with Crippen molar-refractivity contribution in [1.29, 1.82) is 0 Å². The van der Waals surface area contributed by atoms with Gasteiger partial charge in [-0.25, -0.2) is 9.97 Å². The molecular formula is C24H28F3N3O4. The Bertz CT molecular complexity index is 1010. The highest BCUT2D eigenvalue weighted by Gasteiger charge is 2.31. The normalized spacial score (nSPS) is 15.2. The number of piperidine rings is 1. The minimum Gasteiger partial charge on any atom is -0.460 e. The molecule has 0 spiro atoms. The van der Waals surface area contributed by atoms with Crippen LogP contribution >= 0.6 is 0 Å². The number of carbonyl (C=O) groups excluding carboxylic acids is 2. The summed E-state index contributed by atoms with van der Waals surface area (Å²) in [7, 11) is 0. The van der Waals surface area contributed by atoms with Crippen molar-refractivity contribution in [3.8, 4) is 17.0 Å². The summed E-state index contributed by atoms with van der Waals surface area (Å²) < 4.78 is 47.1. The molecule has 10 heteroatoms. The minimum absolute atomic E-state index is 0.134. The molecule has 7 nitrogen and oxygen atoms in total. The first-order valence-corrected chi connectivity index (χ1v) is 11.1. The van der Waals surface area contributed by atoms with E-state index >= 15 is 0 Å². The van der Waals surface area contributed by atoms with Crippen LogP contribution in [-0.4, -0.2) is 47.3 Å². The number of nitrogens with zero attached hydrogens (tertiary/aromatic N) is 3. The Labute approximate surface area is 196 Å². The van der Waals surface area contributed by atoms with Gasteiger partial charge in [0.2, 0.25) is 5.95 Å². The number of carbonyl (C=O) groups is 2. The SMILES string of the molecule is CC(C)(C)OC(=O)CCC1CCN(c2nc(C=O)cc(-c3cccc(OC(F)(F)F)c3)n2)CC1. The molecule has 0 saturated carbocycles. The van der Waals surface area contributed by atoms with Gasteiger partial charge in [-0.05, 0) is 64.2 Å². The molecule has 1 aromatic heterocycles. The predicted molar refractivity (Wildman–Crippen MR) is 120 cm³/mol. The summed E-state index contributed by atoms with van der Waals surface area (Å²) in [5, 5.41) is 0. The molecule has 0 amide bonds. The maximum atomic E-state index is 12.6. The lowest BCUT2D eigenvalue weighted by atomic mass is 9.92. The van der Waals surface area contributed by atoms with Crippen molar-refractivity contribution in [2.24, 2.45) is 5.92 Å². The first-order valence-electron chi connectivity index (χ1n) is 11.1. The molecule has 1 aliphatic heterocycles. The molecule has 34 heavy (non-hydrogen) atoms. The maximum Gasteiger partial charge on any atom is 0.573 e. The van der Waals surface area contributed by atoms with Gasteiger partial charge in [0.1, 0.15) is 17.0 Å². The molecule has 1 aromatic carbocycles. The third-order valence-electron chi connectivity index (χ3n) is 5.29. The van der Waals surface area contributed by atoms with Crippen molar-refractivity contribution in [2.45, 2.75) is 58.4 Å². The smallest absolute Gasteiger partial charge is 0.460 e. The molecule has 1 saturated heterocycles. The van der Waals surface area contributed by atoms with E-state index in [4.69, 9.17) is 4.74 Å². The molecule has 0 aliphatic carbocycles. The van der Waals surface area contributed by atoms with Crippen LogP contribution in [0, 0.1) is 5.92 Å². The van der Waals surface area contributed by atoms with Gasteiger partial charge in [0.05, 0.1) is 5.69 Å². The van der Waals surface area contributed by atoms with Crippen molar-refractivity contribution >= 4 is 18.2 Å². The summed E-state index contributed by atoms with van der Waals surface area (Å²) in [4.78, 5) is 34.1. The zero-order valence-electron chi connectivity index (χ0n) is 19.4. The summed E-state index contributed by atoms with van der Waals surface area (Å²) in [5.41, 5.74) is 0.332. The lowest BCUT2D eigenvalue weighted by Crippen LogP contribution is -2.35. The van der Waals surface area contributed by atoms with Crippen LogP contribution in [0.3, 0.4) is 0 Å². The van der Waals surface area contributed by atoms with E-state index in [0.717, 1.165) is 19.3 Å². The summed E-state index contributed by atoms with van der Waals surface area (Å²) in [6.45, 7) is 6.79. The Kier molecular flexibility index (Phi) is 7.78. The lowest BCUT2D eigenvalue weighted by Gasteiger charge is -2.32. The summed E-state index contributed by atoms with van der Waals surface area (Å²) in [6.07, 6.45) is -1.49. The van der Waals surface area contributed by atoms with Crippen molar-refractivity contribution in [2.75, 3.05) is 18.0 Å². The highest BCUT2D eigenvalue weighted by Crippen LogP contribution is 2.30. The van der Waals surface area contributed by atoms with Crippen LogP contribution in [-0.2, 0) is 9.53 Å². The van der Waals surface area contributed by atoms with Gasteiger partial charge in [-0.3, -0.25) is 9.59 Å². The van der Waals surface area contributed by atoms with Gasteiger partial charge in [0.15, 0.2) is 6.29 Å². The molecule has 0 unspecified atom stereocenters. The number of hydrogen-bond acceptors (Lipinski definition) is 7. The average molecular weight is 479 g/mol. The van der Waals surface area contributed by atoms with Gasteiger partial charge < -0.3 is 14.4 Å². The van der Waals surface area contributed by atoms with Crippen LogP contribution in [0.15, 0.2) is 30.3 Å². The number of alkyl halides is 3. The second kappa shape index (κ2) is 10.4. The number of esters is 1. The number of aromatic nitrogens is 2. The van der Waals surface area contributed by atoms with Crippen molar-refractivity contribution in [1.82, 2.24) is 9.97 Å². The van der Waals surface area contributed by atoms with Crippen LogP contribution in [0.5, 0.6) is 5.75 Å². The van der Waals surface area contributed by atoms with Crippen LogP contribution < -0.4 is 9.64 Å². The molecule has 0 radical (unpaired) electrons. The third kappa shape index (κ3) is 7.71. The second-order valence-corrected chi connectivity index (χ2v) is 9.23. The quantitative estimate of drug-likeness (QED) is 0.399. The Morgan fingerprint density at radius 1 is 1.15 bits per heavy atom. The van der Waals surface area contributed by atoms with Gasteiger partial charge in [0.25, 0.3) is 0 Å². The zero-order valence-corrected chi connectivity index (χ0v) is 19.4. The number of benzene rings is 1. The molecule has 0 bridgehead atoms. The monoisotopic (exact) mass is 479 g/mol. The number of ether oxygens (including phenoxy) is 2. The van der Waals surface area contributed by atoms with Crippen LogP contribution in [0.25, 0.3) is 11.3 Å². The van der Waals surface area contributed by atoms with Gasteiger partial charge in [0, 0.05) is 25.1 Å². The van der Waals surface area contributed by atoms with Crippen molar-refractivity contribution < 1.29 is 32.2 Å². The first-order chi connectivity index (χ1) is 15.9. The van der Waals surface area contributed by atoms with Crippen LogP contribution in [0.1, 0.15) is 56.9 Å². The maximum absolute atomic E-state index is 12.6. The molecular weight excluding hydrogens is 451 g/mol. The van der Waals surface area contributed by atoms with E-state index in [0.29, 0.717) is 48.9 Å². The topological polar surface area (TPSA) is 81.6 Å². The molecule has 2 aromatic rings. The molecule has 1 fully saturated rings. The van der Waals surface area contributed by atoms with E-state index in [9.17, 15) is 22.8 Å². The summed E-state index contributed by atoms with van der Waals surface area (Å²) in [5.74, 6) is 0.114. The van der Waals surface area contributed by atoms with Gasteiger partial charge in [-0.2, -0.15) is 0 Å². The highest BCUT2D eigenvalue weighted by atomic mass is 19.4. The average Bonchev–Trinajstić information content (AvgIpc) is 2.75. The van der Waals surface area contributed by atoms with Gasteiger partial charge in [-0.15, -0.1) is 13.2 Å². The fourth-order valence-corrected chi connectivity index (χ4v) is 3.79. The van der Waals surface area contributed by atoms with E-state index in [1.54, 1.807) is 6.07 Å². The summed E-state index contributed by atoms with van der Waals surface area (Å²) >= 11 is 0. The highest BCUT2D eigenvalue weighted by molar-refractivity contribution is 5.76. The Morgan fingerprint density at radius 2 is 1.85 bits per heavy atom. The molecule has 3 rings (SSSR count). The lowest BCUT2D eigenvalue weighted by molar-refractivity contribution is -0.274. The van der Waals surface area contributed by atoms with Gasteiger partial charge in [-0.1, -0.05) is 12.1 Å². The number of halogens is 3. The molecule has 0 atom stereocenters. The number of rotatable bonds is 7. The van der Waals surface area contributed by atoms with Crippen molar-refractivity contribution in [3.63, 3.8) is 0 Å².